The average Bonchev–Trinajstić information content (AvgIpc) is 2.33. The molecule has 0 heterocycles. The molecule has 1 aromatic rings. The van der Waals surface area contributed by atoms with E-state index in [4.69, 9.17) is 5.73 Å². The summed E-state index contributed by atoms with van der Waals surface area (Å²) in [5, 5.41) is 3.28. The molecule has 0 amide bonds. The van der Waals surface area contributed by atoms with Crippen LogP contribution >= 0.6 is 22.6 Å². The predicted octanol–water partition coefficient (Wildman–Crippen LogP) is 4.00. The molecule has 0 aromatic heterocycles. The van der Waals surface area contributed by atoms with Crippen molar-refractivity contribution >= 4 is 34.0 Å². The molecule has 4 heteroatoms. The van der Waals surface area contributed by atoms with E-state index in [2.05, 4.69) is 5.32 Å². The number of nitrogens with one attached hydrogen (secondary N) is 1. The van der Waals surface area contributed by atoms with Gasteiger partial charge >= 0.3 is 0 Å². The van der Waals surface area contributed by atoms with Crippen molar-refractivity contribution in [1.82, 2.24) is 0 Å². The maximum Gasteiger partial charge on any atom is 0.138 e. The second-order valence-electron chi connectivity index (χ2n) is 4.74. The Bertz CT molecular complexity index is 389. The van der Waals surface area contributed by atoms with Crippen LogP contribution in [0.25, 0.3) is 0 Å². The molecule has 94 valence electrons. The van der Waals surface area contributed by atoms with E-state index in [0.717, 1.165) is 12.2 Å². The van der Waals surface area contributed by atoms with Crippen molar-refractivity contribution in [2.75, 3.05) is 17.6 Å². The van der Waals surface area contributed by atoms with Crippen molar-refractivity contribution in [3.63, 3.8) is 0 Å². The summed E-state index contributed by atoms with van der Waals surface area (Å²) in [6.07, 6.45) is 6.56. The fourth-order valence-electron chi connectivity index (χ4n) is 2.36. The first-order chi connectivity index (χ1) is 8.16. The monoisotopic (exact) mass is 348 g/mol. The molecule has 1 aliphatic carbocycles. The molecule has 17 heavy (non-hydrogen) atoms. The van der Waals surface area contributed by atoms with Crippen molar-refractivity contribution in [2.24, 2.45) is 5.92 Å². The lowest BCUT2D eigenvalue weighted by atomic mass is 9.89. The van der Waals surface area contributed by atoms with Gasteiger partial charge in [0.25, 0.3) is 0 Å². The Morgan fingerprint density at radius 1 is 1.29 bits per heavy atom. The van der Waals surface area contributed by atoms with Crippen LogP contribution in [0, 0.1) is 15.3 Å². The summed E-state index contributed by atoms with van der Waals surface area (Å²) in [4.78, 5) is 0. The van der Waals surface area contributed by atoms with Crippen molar-refractivity contribution in [3.05, 3.63) is 21.5 Å². The molecular weight excluding hydrogens is 330 g/mol. The maximum atomic E-state index is 13.4. The van der Waals surface area contributed by atoms with Crippen molar-refractivity contribution in [1.29, 1.82) is 0 Å². The topological polar surface area (TPSA) is 38.0 Å². The molecule has 2 rings (SSSR count). The Kier molecular flexibility index (Phi) is 4.48. The number of anilines is 2. The summed E-state index contributed by atoms with van der Waals surface area (Å²) in [5.74, 6) is 0.511. The van der Waals surface area contributed by atoms with Gasteiger partial charge < -0.3 is 11.1 Å². The molecule has 0 spiro atoms. The van der Waals surface area contributed by atoms with Gasteiger partial charge in [-0.05, 0) is 47.4 Å². The smallest absolute Gasteiger partial charge is 0.138 e. The first-order valence-electron chi connectivity index (χ1n) is 6.15. The molecule has 3 N–H and O–H groups in total. The van der Waals surface area contributed by atoms with Gasteiger partial charge in [0.15, 0.2) is 0 Å². The SMILES string of the molecule is Nc1cc(I)c(F)cc1NCC1CCCCC1. The van der Waals surface area contributed by atoms with Crippen LogP contribution < -0.4 is 11.1 Å². The van der Waals surface area contributed by atoms with Gasteiger partial charge in [0.2, 0.25) is 0 Å². The fraction of sp³-hybridized carbons (Fsp3) is 0.538. The predicted molar refractivity (Wildman–Crippen MR) is 78.6 cm³/mol. The minimum atomic E-state index is -0.203. The zero-order chi connectivity index (χ0) is 12.3. The normalized spacial score (nSPS) is 17.1. The number of hydrogen-bond donors (Lipinski definition) is 2. The van der Waals surface area contributed by atoms with Gasteiger partial charge in [0.05, 0.1) is 14.9 Å². The second kappa shape index (κ2) is 5.89. The van der Waals surface area contributed by atoms with Crippen LogP contribution in [0.15, 0.2) is 12.1 Å². The zero-order valence-electron chi connectivity index (χ0n) is 9.81. The molecule has 1 saturated carbocycles. The minimum absolute atomic E-state index is 0.203. The Balaban J connectivity index is 1.96. The number of benzene rings is 1. The summed E-state index contributed by atoms with van der Waals surface area (Å²) in [6, 6.07) is 3.18. The highest BCUT2D eigenvalue weighted by Gasteiger charge is 2.14. The molecule has 0 radical (unpaired) electrons. The Hall–Kier alpha value is -0.520. The van der Waals surface area contributed by atoms with E-state index < -0.39 is 0 Å². The molecule has 0 unspecified atom stereocenters. The average molecular weight is 348 g/mol. The molecule has 2 nitrogen and oxygen atoms in total. The first-order valence-corrected chi connectivity index (χ1v) is 7.23. The number of rotatable bonds is 3. The van der Waals surface area contributed by atoms with Gasteiger partial charge in [-0.2, -0.15) is 0 Å². The number of nitrogens with two attached hydrogens (primary N) is 1. The molecule has 1 aliphatic rings. The summed E-state index contributed by atoms with van der Waals surface area (Å²) in [6.45, 7) is 0.907. The molecule has 1 fully saturated rings. The van der Waals surface area contributed by atoms with Crippen molar-refractivity contribution in [2.45, 2.75) is 32.1 Å². The highest BCUT2D eigenvalue weighted by molar-refractivity contribution is 14.1. The van der Waals surface area contributed by atoms with E-state index in [1.165, 1.54) is 38.2 Å². The third kappa shape index (κ3) is 3.47. The van der Waals surface area contributed by atoms with Gasteiger partial charge in [-0.15, -0.1) is 0 Å². The van der Waals surface area contributed by atoms with Crippen LogP contribution in [0.4, 0.5) is 15.8 Å². The van der Waals surface area contributed by atoms with Crippen molar-refractivity contribution < 1.29 is 4.39 Å². The van der Waals surface area contributed by atoms with Gasteiger partial charge in [-0.1, -0.05) is 19.3 Å². The first kappa shape index (κ1) is 12.9. The summed E-state index contributed by atoms with van der Waals surface area (Å²) in [5.41, 5.74) is 7.23. The highest BCUT2D eigenvalue weighted by atomic mass is 127. The molecule has 0 bridgehead atoms. The van der Waals surface area contributed by atoms with Gasteiger partial charge in [-0.25, -0.2) is 4.39 Å². The third-order valence-corrected chi connectivity index (χ3v) is 4.23. The van der Waals surface area contributed by atoms with E-state index in [-0.39, 0.29) is 5.82 Å². The molecule has 0 aliphatic heterocycles. The van der Waals surface area contributed by atoms with Crippen LogP contribution in [0.3, 0.4) is 0 Å². The Morgan fingerprint density at radius 3 is 2.71 bits per heavy atom. The third-order valence-electron chi connectivity index (χ3n) is 3.40. The molecule has 0 saturated heterocycles. The fourth-order valence-corrected chi connectivity index (χ4v) is 2.85. The van der Waals surface area contributed by atoms with Gasteiger partial charge in [0.1, 0.15) is 5.82 Å². The van der Waals surface area contributed by atoms with Crippen LogP contribution in [0.2, 0.25) is 0 Å². The lowest BCUT2D eigenvalue weighted by Crippen LogP contribution is -2.17. The molecule has 0 atom stereocenters. The van der Waals surface area contributed by atoms with Crippen molar-refractivity contribution in [3.8, 4) is 0 Å². The standard InChI is InChI=1S/C13H18FIN2/c14-10-6-13(12(16)7-11(10)15)17-8-9-4-2-1-3-5-9/h6-7,9,17H,1-5,8,16H2. The largest absolute Gasteiger partial charge is 0.397 e. The van der Waals surface area contributed by atoms with Crippen LogP contribution in [0.1, 0.15) is 32.1 Å². The number of halogens is 2. The number of nitrogen functional groups attached to an aromatic ring is 1. The molecule has 1 aromatic carbocycles. The quantitative estimate of drug-likeness (QED) is 0.640. The number of hydrogen-bond acceptors (Lipinski definition) is 2. The second-order valence-corrected chi connectivity index (χ2v) is 5.90. The van der Waals surface area contributed by atoms with Crippen LogP contribution in [-0.2, 0) is 0 Å². The highest BCUT2D eigenvalue weighted by Crippen LogP contribution is 2.27. The van der Waals surface area contributed by atoms with Gasteiger partial charge in [-0.3, -0.25) is 0 Å². The summed E-state index contributed by atoms with van der Waals surface area (Å²) >= 11 is 1.96. The Morgan fingerprint density at radius 2 is 2.00 bits per heavy atom. The lowest BCUT2D eigenvalue weighted by molar-refractivity contribution is 0.373. The summed E-state index contributed by atoms with van der Waals surface area (Å²) in [7, 11) is 0. The van der Waals surface area contributed by atoms with Crippen LogP contribution in [0.5, 0.6) is 0 Å². The maximum absolute atomic E-state index is 13.4. The Labute approximate surface area is 115 Å². The van der Waals surface area contributed by atoms with E-state index in [0.29, 0.717) is 15.2 Å². The van der Waals surface area contributed by atoms with Crippen LogP contribution in [-0.4, -0.2) is 6.54 Å². The minimum Gasteiger partial charge on any atom is -0.397 e. The molecular formula is C13H18FIN2. The van der Waals surface area contributed by atoms with E-state index in [1.54, 1.807) is 6.07 Å². The van der Waals surface area contributed by atoms with Gasteiger partial charge in [0, 0.05) is 12.6 Å². The van der Waals surface area contributed by atoms with E-state index in [9.17, 15) is 4.39 Å². The summed E-state index contributed by atoms with van der Waals surface area (Å²) < 4.78 is 14.0. The lowest BCUT2D eigenvalue weighted by Gasteiger charge is -2.22. The zero-order valence-corrected chi connectivity index (χ0v) is 12.0. The van der Waals surface area contributed by atoms with E-state index in [1.807, 2.05) is 22.6 Å². The van der Waals surface area contributed by atoms with E-state index >= 15 is 0 Å².